The lowest BCUT2D eigenvalue weighted by molar-refractivity contribution is 0.663. The van der Waals surface area contributed by atoms with E-state index in [-0.39, 0.29) is 0 Å². The molecule has 0 radical (unpaired) electrons. The van der Waals surface area contributed by atoms with Crippen LogP contribution in [-0.4, -0.2) is 199 Å². The molecule has 0 unspecified atom stereocenters. The molecule has 12 aromatic rings. The summed E-state index contributed by atoms with van der Waals surface area (Å²) >= 11 is 0. The Hall–Kier alpha value is -5.62. The van der Waals surface area contributed by atoms with Gasteiger partial charge in [0, 0.05) is 66.8 Å². The second kappa shape index (κ2) is 16.7. The average Bonchev–Trinajstić information content (AvgIpc) is 4.16. The zero-order valence-electron chi connectivity index (χ0n) is 49.1. The van der Waals surface area contributed by atoms with Crippen LogP contribution in [0.4, 0.5) is 0 Å². The molecule has 0 fully saturated rings. The van der Waals surface area contributed by atoms with Gasteiger partial charge >= 0.3 is 0 Å². The summed E-state index contributed by atoms with van der Waals surface area (Å²) < 4.78 is 14.9. The molecule has 7 aromatic carbocycles. The molecule has 75 heavy (non-hydrogen) atoms. The first kappa shape index (κ1) is 50.2. The lowest BCUT2D eigenvalue weighted by atomic mass is 9.63. The number of benzene rings is 7. The molecule has 5 heterocycles. The minimum absolute atomic E-state index is 0.806. The zero-order chi connectivity index (χ0) is 53.9. The third kappa shape index (κ3) is 6.15. The molecular weight excluding hydrogens is 885 g/mol. The Kier molecular flexibility index (Phi) is 11.2. The highest BCUT2D eigenvalue weighted by atomic mass is 16.3. The van der Waals surface area contributed by atoms with Crippen molar-refractivity contribution in [3.8, 4) is 17.2 Å². The van der Waals surface area contributed by atoms with Crippen molar-refractivity contribution in [1.82, 2.24) is 18.7 Å². The molecule has 0 aliphatic heterocycles. The standard InChI is InChI=1S/C47H51B23N4O/c48-16-10-11-17(49)23(55)29(61)34(66)42(11)73(41(10)33(65)28(60)22(16)54)45-21(53)15-14-20(52)26(58)27(59)32(64)39(14)72(40(15)37(69)38(45)70)6-1-2-9-8(5-6)7-3-4-71-47(46(7)75-9)74-43-12(18(50)24(56)30(62)35(43)67)13-19(51)25(57)31(63)36(68)44(13)74/h1-5H,48-70H2. The Bertz CT molecular complexity index is 4610. The molecule has 0 spiro atoms. The lowest BCUT2D eigenvalue weighted by Crippen LogP contribution is -2.49. The average molecular weight is 937 g/mol. The highest BCUT2D eigenvalue weighted by Crippen LogP contribution is 2.38. The van der Waals surface area contributed by atoms with Gasteiger partial charge in [-0.2, -0.15) is 0 Å². The van der Waals surface area contributed by atoms with Gasteiger partial charge in [-0.15, -0.1) is 27.3 Å². The Labute approximate surface area is 461 Å². The van der Waals surface area contributed by atoms with E-state index in [0.29, 0.717) is 0 Å². The molecule has 334 valence electrons. The third-order valence-electron chi connectivity index (χ3n) is 20.6. The van der Waals surface area contributed by atoms with Gasteiger partial charge < -0.3 is 13.6 Å². The van der Waals surface area contributed by atoms with E-state index in [1.165, 1.54) is 197 Å². The molecule has 0 aliphatic carbocycles. The molecule has 0 aliphatic rings. The summed E-state index contributed by atoms with van der Waals surface area (Å²) in [5, 5.41) is 10.3. The highest BCUT2D eigenvalue weighted by Gasteiger charge is 2.31. The first-order valence-corrected chi connectivity index (χ1v) is 27.3. The first-order valence-electron chi connectivity index (χ1n) is 27.3. The van der Waals surface area contributed by atoms with Gasteiger partial charge in [-0.05, 0) is 51.2 Å². The topological polar surface area (TPSA) is 40.8 Å². The monoisotopic (exact) mass is 941 g/mol. The Morgan fingerprint density at radius 1 is 0.293 bits per heavy atom. The van der Waals surface area contributed by atoms with Crippen molar-refractivity contribution in [2.45, 2.75) is 0 Å². The van der Waals surface area contributed by atoms with Gasteiger partial charge in [0.05, 0.1) is 0 Å². The summed E-state index contributed by atoms with van der Waals surface area (Å²) in [7, 11) is 53.5. The van der Waals surface area contributed by atoms with E-state index in [1.807, 2.05) is 6.20 Å². The van der Waals surface area contributed by atoms with E-state index in [9.17, 15) is 0 Å². The number of fused-ring (bicyclic) bond motifs is 12. The Morgan fingerprint density at radius 2 is 0.613 bits per heavy atom. The smallest absolute Gasteiger partial charge is 0.181 e. The molecule has 12 rings (SSSR count). The van der Waals surface area contributed by atoms with E-state index in [1.54, 1.807) is 0 Å². The molecule has 0 saturated carbocycles. The fraction of sp³-hybridized carbons (Fsp3) is 0. The molecule has 0 saturated heterocycles. The van der Waals surface area contributed by atoms with Crippen molar-refractivity contribution >= 4 is 393 Å². The van der Waals surface area contributed by atoms with Crippen molar-refractivity contribution in [3.05, 3.63) is 30.5 Å². The molecule has 28 heteroatoms. The summed E-state index contributed by atoms with van der Waals surface area (Å²) in [5.41, 5.74) is 42.7. The van der Waals surface area contributed by atoms with Gasteiger partial charge in [-0.3, -0.25) is 4.57 Å². The molecule has 0 atom stereocenters. The fourth-order valence-corrected chi connectivity index (χ4v) is 14.4. The number of furan rings is 1. The van der Waals surface area contributed by atoms with Crippen LogP contribution in [0.2, 0.25) is 0 Å². The van der Waals surface area contributed by atoms with Gasteiger partial charge in [0.2, 0.25) is 0 Å². The molecular formula is C47H51B23N4O. The second-order valence-corrected chi connectivity index (χ2v) is 23.4. The van der Waals surface area contributed by atoms with Crippen molar-refractivity contribution in [1.29, 1.82) is 0 Å². The molecule has 0 bridgehead atoms. The molecule has 5 nitrogen and oxygen atoms in total. The minimum atomic E-state index is 0.806. The van der Waals surface area contributed by atoms with Crippen LogP contribution in [0.5, 0.6) is 0 Å². The second-order valence-electron chi connectivity index (χ2n) is 23.4. The molecule has 0 amide bonds. The molecule has 0 N–H and O–H groups in total. The number of hydrogen-bond donors (Lipinski definition) is 0. The summed E-state index contributed by atoms with van der Waals surface area (Å²) in [6, 6.07) is 9.06. The van der Waals surface area contributed by atoms with Crippen LogP contribution in [0.15, 0.2) is 34.9 Å². The zero-order valence-corrected chi connectivity index (χ0v) is 49.1. The molecule has 5 aromatic heterocycles. The maximum atomic E-state index is 7.14. The predicted octanol–water partition coefficient (Wildman–Crippen LogP) is -27.8. The van der Waals surface area contributed by atoms with Crippen molar-refractivity contribution in [2.75, 3.05) is 0 Å². The SMILES string of the molecule is Bc1c(B)c(B)c2c(c1B)c1c(B)c(-n3c4c(B)c(B)c(B)c(B)c4c4c(B)c(B)c(B)c(B)c43)c(B)c(B)c1n2-c1ccc2oc3c(-n4c5c(B)c(B)c(B)c(B)c5c5c(B)c(B)c(B)c(B)c54)nccc3c2c1. The largest absolute Gasteiger partial charge is 0.452 e. The van der Waals surface area contributed by atoms with Crippen molar-refractivity contribution in [3.63, 3.8) is 0 Å². The van der Waals surface area contributed by atoms with Gasteiger partial charge in [0.25, 0.3) is 0 Å². The number of aromatic nitrogens is 4. The van der Waals surface area contributed by atoms with E-state index in [2.05, 4.69) is 218 Å². The van der Waals surface area contributed by atoms with E-state index < -0.39 is 0 Å². The summed E-state index contributed by atoms with van der Waals surface area (Å²) in [5.74, 6) is 0.836. The Balaban J connectivity index is 1.20. The van der Waals surface area contributed by atoms with Crippen LogP contribution < -0.4 is 126 Å². The quantitative estimate of drug-likeness (QED) is 0.166. The predicted molar refractivity (Wildman–Crippen MR) is 403 cm³/mol. The van der Waals surface area contributed by atoms with Gasteiger partial charge in [0.1, 0.15) is 186 Å². The first-order chi connectivity index (χ1) is 35.4. The number of nitrogens with zero attached hydrogens (tertiary/aromatic N) is 4. The van der Waals surface area contributed by atoms with E-state index in [0.717, 1.165) is 33.4 Å². The number of pyridine rings is 1. The van der Waals surface area contributed by atoms with Crippen molar-refractivity contribution < 1.29 is 4.42 Å². The minimum Gasteiger partial charge on any atom is -0.452 e. The van der Waals surface area contributed by atoms with E-state index >= 15 is 0 Å². The van der Waals surface area contributed by atoms with Gasteiger partial charge in [-0.1, -0.05) is 98.3 Å². The van der Waals surface area contributed by atoms with Crippen LogP contribution in [0.1, 0.15) is 0 Å². The third-order valence-corrected chi connectivity index (χ3v) is 20.6. The van der Waals surface area contributed by atoms with Crippen LogP contribution in [0, 0.1) is 0 Å². The number of hydrogen-bond acceptors (Lipinski definition) is 2. The summed E-state index contributed by atoms with van der Waals surface area (Å²) in [6.07, 6.45) is 1.99. The Morgan fingerprint density at radius 3 is 1.00 bits per heavy atom. The van der Waals surface area contributed by atoms with Gasteiger partial charge in [0.15, 0.2) is 11.4 Å². The fourth-order valence-electron chi connectivity index (χ4n) is 14.4. The van der Waals surface area contributed by atoms with E-state index in [4.69, 9.17) is 9.40 Å². The van der Waals surface area contributed by atoms with Crippen LogP contribution in [0.25, 0.3) is 105 Å². The van der Waals surface area contributed by atoms with Crippen LogP contribution >= 0.6 is 0 Å². The lowest BCUT2D eigenvalue weighted by Gasteiger charge is -2.23. The highest BCUT2D eigenvalue weighted by molar-refractivity contribution is 6.75. The van der Waals surface area contributed by atoms with Crippen LogP contribution in [0.3, 0.4) is 0 Å². The maximum absolute atomic E-state index is 7.14. The summed E-state index contributed by atoms with van der Waals surface area (Å²) in [4.78, 5) is 5.28. The van der Waals surface area contributed by atoms with Crippen molar-refractivity contribution in [2.24, 2.45) is 0 Å². The maximum Gasteiger partial charge on any atom is 0.181 e. The van der Waals surface area contributed by atoms with Crippen LogP contribution in [-0.2, 0) is 0 Å². The van der Waals surface area contributed by atoms with Gasteiger partial charge in [-0.25, -0.2) is 4.98 Å². The summed E-state index contributed by atoms with van der Waals surface area (Å²) in [6.45, 7) is 0. The normalized spacial score (nSPS) is 12.2. The number of rotatable bonds is 3.